The summed E-state index contributed by atoms with van der Waals surface area (Å²) >= 11 is 0. The van der Waals surface area contributed by atoms with E-state index in [1.807, 2.05) is 55.4 Å². The number of aliphatic imine (C=N–C) groups is 2. The second-order valence-electron chi connectivity index (χ2n) is 25.0. The Labute approximate surface area is 533 Å². The summed E-state index contributed by atoms with van der Waals surface area (Å²) in [5, 5.41) is 53.5. The number of benzene rings is 2. The van der Waals surface area contributed by atoms with E-state index >= 15 is 0 Å². The van der Waals surface area contributed by atoms with Gasteiger partial charge in [-0.05, 0) is 123 Å². The Morgan fingerprint density at radius 1 is 0.396 bits per heavy atom. The van der Waals surface area contributed by atoms with Crippen LogP contribution >= 0.6 is 0 Å². The highest BCUT2D eigenvalue weighted by molar-refractivity contribution is 5.98. The van der Waals surface area contributed by atoms with Crippen LogP contribution in [0.3, 0.4) is 0 Å². The topological polar surface area (TPSA) is 494 Å². The minimum Gasteiger partial charge on any atom is -0.508 e. The molecule has 0 saturated heterocycles. The van der Waals surface area contributed by atoms with Gasteiger partial charge in [0.25, 0.3) is 0 Å². The number of nitrogens with two attached hydrogens (primary N) is 5. The van der Waals surface area contributed by atoms with Crippen LogP contribution in [0, 0.1) is 29.6 Å². The van der Waals surface area contributed by atoms with Gasteiger partial charge in [0.2, 0.25) is 53.2 Å². The first-order valence-corrected chi connectivity index (χ1v) is 31.0. The summed E-state index contributed by atoms with van der Waals surface area (Å²) in [6.45, 7) is 17.7. The van der Waals surface area contributed by atoms with Crippen molar-refractivity contribution in [1.82, 2.24) is 47.9 Å². The van der Waals surface area contributed by atoms with E-state index < -0.39 is 120 Å². The SMILES string of the molecule is CC(C)C[C@H](NC(=O)[C@H](CC(C)C)NC(=O)[C@H](CC(C)C)NC(=O)[C@H](CCCN=C(N)N)NC(=O)[C@H](CC(C)C)NC(=O)[C@H](CC(C)C)NC(=O)[C@H](Cc1ccc(O)cc1)NC(=O)[C@@H](N)CCCN=C(N)N)C(=O)NCC(=O)N[C@@H](Cc1ccc(O)cc1)C(=O)O. The molecular weight excluding hydrogens is 1180 g/mol. The van der Waals surface area contributed by atoms with Crippen LogP contribution in [-0.4, -0.2) is 160 Å². The quantitative estimate of drug-likeness (QED) is 0.0229. The lowest BCUT2D eigenvalue weighted by Crippen LogP contribution is -2.60. The van der Waals surface area contributed by atoms with Gasteiger partial charge in [0, 0.05) is 25.9 Å². The molecule has 2 aromatic rings. The minimum atomic E-state index is -1.37. The second-order valence-corrected chi connectivity index (χ2v) is 25.0. The summed E-state index contributed by atoms with van der Waals surface area (Å²) in [7, 11) is 0. The van der Waals surface area contributed by atoms with Crippen molar-refractivity contribution < 1.29 is 63.3 Å². The van der Waals surface area contributed by atoms with Crippen molar-refractivity contribution in [2.24, 2.45) is 68.2 Å². The third-order valence-corrected chi connectivity index (χ3v) is 14.0. The maximum atomic E-state index is 14.6. The number of rotatable bonds is 41. The number of guanidine groups is 2. The Morgan fingerprint density at radius 3 is 1.03 bits per heavy atom. The predicted molar refractivity (Wildman–Crippen MR) is 345 cm³/mol. The van der Waals surface area contributed by atoms with Gasteiger partial charge in [-0.2, -0.15) is 0 Å². The van der Waals surface area contributed by atoms with Crippen LogP contribution in [0.1, 0.15) is 138 Å². The number of aromatic hydroxyl groups is 2. The molecule has 0 aliphatic carbocycles. The number of carbonyl (C=O) groups is 10. The number of amides is 9. The number of carboxylic acid groups (broad SMARTS) is 1. The van der Waals surface area contributed by atoms with Gasteiger partial charge < -0.3 is 91.8 Å². The highest BCUT2D eigenvalue weighted by atomic mass is 16.4. The molecule has 0 saturated carbocycles. The Balaban J connectivity index is 2.43. The lowest BCUT2D eigenvalue weighted by molar-refractivity contribution is -0.141. The summed E-state index contributed by atoms with van der Waals surface area (Å²) in [6.07, 6.45) is 0.831. The molecule has 0 bridgehead atoms. The molecule has 0 heterocycles. The third kappa shape index (κ3) is 32.0. The molecule has 0 fully saturated rings. The molecule has 0 unspecified atom stereocenters. The molecule has 22 N–H and O–H groups in total. The van der Waals surface area contributed by atoms with Gasteiger partial charge in [0.15, 0.2) is 11.9 Å². The summed E-state index contributed by atoms with van der Waals surface area (Å²) in [4.78, 5) is 147. The number of nitrogens with zero attached hydrogens (tertiary/aromatic N) is 2. The molecule has 29 nitrogen and oxygen atoms in total. The van der Waals surface area contributed by atoms with Crippen LogP contribution in [0.2, 0.25) is 0 Å². The molecule has 0 spiro atoms. The predicted octanol–water partition coefficient (Wildman–Crippen LogP) is -0.373. The van der Waals surface area contributed by atoms with Crippen molar-refractivity contribution in [3.8, 4) is 11.5 Å². The first-order valence-electron chi connectivity index (χ1n) is 31.0. The zero-order chi connectivity index (χ0) is 68.7. The van der Waals surface area contributed by atoms with E-state index in [0.29, 0.717) is 17.5 Å². The molecule has 29 heteroatoms. The standard InChI is InChI=1S/C62H102N16O13/c1-33(2)25-44(53(83)70-32-51(81)71-50(60(90)91)31-39-17-21-41(80)22-18-39)74-56(86)47(28-36(7)8)77-57(87)46(27-35(5)6)75-54(84)43(14-12-24-69-62(66)67)72-55(85)45(26-34(3)4)76-58(88)48(29-37(9)10)78-59(89)49(30-38-15-19-40(79)20-16-38)73-52(82)42(63)13-11-23-68-61(64)65/h15-22,33-37,42-50,79-80H,11-14,23-32,63H2,1-10H3,(H,70,83)(H,71,81)(H,72,85)(H,73,82)(H,74,86)(H,75,84)(H,76,88)(H,77,87)(H,78,89)(H,90,91)(H4,64,65,68)(H4,66,67,69)/t42-,43-,44-,45-,46-,47-,48-,49-,50-/m0/s1. The molecule has 91 heavy (non-hydrogen) atoms. The van der Waals surface area contributed by atoms with Crippen LogP contribution in [0.25, 0.3) is 0 Å². The zero-order valence-electron chi connectivity index (χ0n) is 54.3. The van der Waals surface area contributed by atoms with Crippen LogP contribution < -0.4 is 76.5 Å². The highest BCUT2D eigenvalue weighted by Gasteiger charge is 2.36. The largest absolute Gasteiger partial charge is 0.508 e. The Hall–Kier alpha value is -8.76. The van der Waals surface area contributed by atoms with Crippen LogP contribution in [0.5, 0.6) is 11.5 Å². The normalized spacial score (nSPS) is 14.2. The highest BCUT2D eigenvalue weighted by Crippen LogP contribution is 2.17. The van der Waals surface area contributed by atoms with E-state index in [4.69, 9.17) is 28.7 Å². The van der Waals surface area contributed by atoms with Gasteiger partial charge in [-0.15, -0.1) is 0 Å². The van der Waals surface area contributed by atoms with Crippen molar-refractivity contribution in [3.63, 3.8) is 0 Å². The van der Waals surface area contributed by atoms with Crippen molar-refractivity contribution in [3.05, 3.63) is 59.7 Å². The molecule has 9 amide bonds. The lowest BCUT2D eigenvalue weighted by atomic mass is 9.98. The lowest BCUT2D eigenvalue weighted by Gasteiger charge is -2.29. The molecule has 2 rings (SSSR count). The van der Waals surface area contributed by atoms with Crippen molar-refractivity contribution in [1.29, 1.82) is 0 Å². The zero-order valence-corrected chi connectivity index (χ0v) is 54.3. The molecule has 9 atom stereocenters. The van der Waals surface area contributed by atoms with E-state index in [0.717, 1.165) is 0 Å². The monoisotopic (exact) mass is 1280 g/mol. The Morgan fingerprint density at radius 2 is 0.692 bits per heavy atom. The number of carboxylic acids is 1. The maximum absolute atomic E-state index is 14.6. The first-order chi connectivity index (χ1) is 42.6. The van der Waals surface area contributed by atoms with Crippen molar-refractivity contribution in [2.45, 2.75) is 194 Å². The van der Waals surface area contributed by atoms with Gasteiger partial charge >= 0.3 is 5.97 Å². The average molecular weight is 1280 g/mol. The summed E-state index contributed by atoms with van der Waals surface area (Å²) in [5.41, 5.74) is 29.3. The van der Waals surface area contributed by atoms with Gasteiger partial charge in [-0.1, -0.05) is 93.5 Å². The fourth-order valence-electron chi connectivity index (χ4n) is 9.53. The first kappa shape index (κ1) is 78.3. The van der Waals surface area contributed by atoms with E-state index in [9.17, 15) is 63.3 Å². The fraction of sp³-hybridized carbons (Fsp3) is 0.613. The molecule has 2 aromatic carbocycles. The summed E-state index contributed by atoms with van der Waals surface area (Å²) < 4.78 is 0. The number of phenolic OH excluding ortho intramolecular Hbond substituents is 2. The smallest absolute Gasteiger partial charge is 0.326 e. The van der Waals surface area contributed by atoms with Crippen molar-refractivity contribution in [2.75, 3.05) is 19.6 Å². The van der Waals surface area contributed by atoms with Crippen LogP contribution in [0.4, 0.5) is 0 Å². The molecule has 0 aromatic heterocycles. The number of carbonyl (C=O) groups excluding carboxylic acids is 9. The van der Waals surface area contributed by atoms with Crippen LogP contribution in [0.15, 0.2) is 58.5 Å². The van der Waals surface area contributed by atoms with E-state index in [1.54, 1.807) is 26.0 Å². The number of hydrogen-bond donors (Lipinski definition) is 17. The summed E-state index contributed by atoms with van der Waals surface area (Å²) in [6, 6.07) is 0.409. The minimum absolute atomic E-state index is 0.0252. The number of phenols is 2. The van der Waals surface area contributed by atoms with Gasteiger partial charge in [-0.25, -0.2) is 4.79 Å². The maximum Gasteiger partial charge on any atom is 0.326 e. The molecule has 0 aliphatic rings. The second kappa shape index (κ2) is 40.1. The Kier molecular flexibility index (Phi) is 34.5. The molecule has 508 valence electrons. The molecule has 0 aliphatic heterocycles. The fourth-order valence-corrected chi connectivity index (χ4v) is 9.53. The van der Waals surface area contributed by atoms with Crippen LogP contribution in [-0.2, 0) is 60.8 Å². The number of aliphatic carboxylic acids is 1. The van der Waals surface area contributed by atoms with Gasteiger partial charge in [-0.3, -0.25) is 53.1 Å². The van der Waals surface area contributed by atoms with E-state index in [2.05, 4.69) is 57.8 Å². The van der Waals surface area contributed by atoms with Gasteiger partial charge in [0.05, 0.1) is 12.6 Å². The van der Waals surface area contributed by atoms with E-state index in [1.165, 1.54) is 36.4 Å². The third-order valence-electron chi connectivity index (χ3n) is 14.0. The van der Waals surface area contributed by atoms with Gasteiger partial charge in [0.1, 0.15) is 59.8 Å². The number of hydrogen-bond acceptors (Lipinski definition) is 15. The number of nitrogens with one attached hydrogen (secondary N) is 9. The average Bonchev–Trinajstić information content (AvgIpc) is 2.66. The van der Waals surface area contributed by atoms with E-state index in [-0.39, 0.29) is 130 Å². The molecule has 0 radical (unpaired) electrons. The molecular formula is C62H102N16O13. The van der Waals surface area contributed by atoms with Crippen molar-refractivity contribution >= 4 is 71.1 Å². The Bertz CT molecular complexity index is 2750. The summed E-state index contributed by atoms with van der Waals surface area (Å²) in [5.74, 6) is -9.49.